The van der Waals surface area contributed by atoms with Gasteiger partial charge in [0.1, 0.15) is 5.01 Å². The molecule has 0 spiro atoms. The second-order valence-corrected chi connectivity index (χ2v) is 7.75. The molecule has 1 aliphatic heterocycles. The molecule has 2 aromatic rings. The van der Waals surface area contributed by atoms with Crippen LogP contribution in [0.25, 0.3) is 10.6 Å². The van der Waals surface area contributed by atoms with Gasteiger partial charge in [0.05, 0.1) is 21.3 Å². The van der Waals surface area contributed by atoms with Gasteiger partial charge in [-0.2, -0.15) is 0 Å². The number of nitrogens with zero attached hydrogens (tertiary/aromatic N) is 4. The number of aromatic nitrogens is 2. The maximum Gasteiger partial charge on any atom is 0.227 e. The molecule has 0 saturated carbocycles. The first-order chi connectivity index (χ1) is 14.0. The second-order valence-electron chi connectivity index (χ2n) is 6.77. The number of methoxy groups -OCH3 is 3. The molecule has 2 heterocycles. The van der Waals surface area contributed by atoms with Crippen LogP contribution in [0.3, 0.4) is 0 Å². The summed E-state index contributed by atoms with van der Waals surface area (Å²) < 4.78 is 16.1. The number of nitrogens with one attached hydrogen (secondary N) is 1. The molecule has 166 valence electrons. The van der Waals surface area contributed by atoms with E-state index in [1.54, 1.807) is 33.5 Å². The van der Waals surface area contributed by atoms with E-state index in [0.717, 1.165) is 38.3 Å². The van der Waals surface area contributed by atoms with Crippen molar-refractivity contribution in [3.05, 3.63) is 12.1 Å². The lowest BCUT2D eigenvalue weighted by Crippen LogP contribution is -2.45. The van der Waals surface area contributed by atoms with Crippen molar-refractivity contribution in [2.75, 3.05) is 66.4 Å². The molecule has 1 aromatic heterocycles. The number of benzene rings is 1. The molecule has 1 aliphatic rings. The monoisotopic (exact) mass is 457 g/mol. The van der Waals surface area contributed by atoms with Crippen molar-refractivity contribution in [2.45, 2.75) is 6.42 Å². The van der Waals surface area contributed by atoms with E-state index in [1.807, 2.05) is 0 Å². The van der Waals surface area contributed by atoms with Gasteiger partial charge in [0.25, 0.3) is 0 Å². The van der Waals surface area contributed by atoms with Crippen molar-refractivity contribution in [3.63, 3.8) is 0 Å². The predicted octanol–water partition coefficient (Wildman–Crippen LogP) is 2.23. The smallest absolute Gasteiger partial charge is 0.227 e. The van der Waals surface area contributed by atoms with Gasteiger partial charge in [0.2, 0.25) is 16.8 Å². The zero-order chi connectivity index (χ0) is 20.8. The van der Waals surface area contributed by atoms with Gasteiger partial charge in [-0.25, -0.2) is 0 Å². The highest BCUT2D eigenvalue weighted by Gasteiger charge is 2.18. The van der Waals surface area contributed by atoms with E-state index < -0.39 is 0 Å². The Kier molecular flexibility index (Phi) is 9.09. The third kappa shape index (κ3) is 5.94. The van der Waals surface area contributed by atoms with Crippen LogP contribution < -0.4 is 19.5 Å². The van der Waals surface area contributed by atoms with Crippen LogP contribution in [0.5, 0.6) is 17.2 Å². The van der Waals surface area contributed by atoms with Crippen LogP contribution in [0.1, 0.15) is 6.42 Å². The normalized spacial score (nSPS) is 14.7. The van der Waals surface area contributed by atoms with Crippen LogP contribution in [0.2, 0.25) is 0 Å². The number of likely N-dealkylation sites (N-methyl/N-ethyl adjacent to an activating group) is 1. The summed E-state index contributed by atoms with van der Waals surface area (Å²) in [4.78, 5) is 16.9. The van der Waals surface area contributed by atoms with E-state index in [-0.39, 0.29) is 18.3 Å². The summed E-state index contributed by atoms with van der Waals surface area (Å²) in [6.07, 6.45) is 0.433. The molecule has 0 unspecified atom stereocenters. The van der Waals surface area contributed by atoms with Crippen molar-refractivity contribution in [2.24, 2.45) is 0 Å². The molecule has 1 N–H and O–H groups in total. The van der Waals surface area contributed by atoms with Gasteiger partial charge < -0.3 is 29.3 Å². The van der Waals surface area contributed by atoms with E-state index in [4.69, 9.17) is 14.2 Å². The minimum absolute atomic E-state index is 0. The third-order valence-electron chi connectivity index (χ3n) is 4.83. The van der Waals surface area contributed by atoms with Crippen molar-refractivity contribution < 1.29 is 19.0 Å². The number of hydrogen-bond acceptors (Lipinski definition) is 9. The summed E-state index contributed by atoms with van der Waals surface area (Å²) in [5.41, 5.74) is 0.773. The fourth-order valence-electron chi connectivity index (χ4n) is 3.11. The zero-order valence-electron chi connectivity index (χ0n) is 17.6. The van der Waals surface area contributed by atoms with Crippen LogP contribution in [0, 0.1) is 0 Å². The summed E-state index contributed by atoms with van der Waals surface area (Å²) in [6, 6.07) is 3.61. The number of carbonyl (C=O) groups excluding carboxylic acids is 1. The quantitative estimate of drug-likeness (QED) is 0.645. The number of ether oxygens (including phenoxy) is 3. The molecule has 1 amide bonds. The molecule has 0 atom stereocenters. The molecule has 11 heteroatoms. The van der Waals surface area contributed by atoms with Crippen LogP contribution in [0.4, 0.5) is 5.13 Å². The number of piperazine rings is 1. The number of halogens is 1. The molecule has 3 rings (SSSR count). The van der Waals surface area contributed by atoms with E-state index in [1.165, 1.54) is 11.3 Å². The second kappa shape index (κ2) is 11.3. The van der Waals surface area contributed by atoms with Crippen molar-refractivity contribution in [1.82, 2.24) is 20.0 Å². The lowest BCUT2D eigenvalue weighted by molar-refractivity contribution is -0.116. The average molecular weight is 458 g/mol. The van der Waals surface area contributed by atoms with Crippen LogP contribution in [-0.4, -0.2) is 87.0 Å². The maximum absolute atomic E-state index is 12.3. The SMILES string of the molecule is COc1cc(-c2nnc(NC(=O)CCN3CCN(C)CC3)s2)cc(OC)c1OC.Cl. The largest absolute Gasteiger partial charge is 0.493 e. The maximum atomic E-state index is 12.3. The Labute approximate surface area is 186 Å². The predicted molar refractivity (Wildman–Crippen MR) is 119 cm³/mol. The minimum atomic E-state index is -0.0588. The summed E-state index contributed by atoms with van der Waals surface area (Å²) in [7, 11) is 6.80. The van der Waals surface area contributed by atoms with Crippen LogP contribution >= 0.6 is 23.7 Å². The van der Waals surface area contributed by atoms with E-state index in [0.29, 0.717) is 33.8 Å². The van der Waals surface area contributed by atoms with Gasteiger partial charge in [0.15, 0.2) is 11.5 Å². The van der Waals surface area contributed by atoms with Crippen LogP contribution in [-0.2, 0) is 4.79 Å². The Hall–Kier alpha value is -2.14. The highest BCUT2D eigenvalue weighted by molar-refractivity contribution is 7.18. The topological polar surface area (TPSA) is 89.1 Å². The van der Waals surface area contributed by atoms with E-state index in [2.05, 4.69) is 32.4 Å². The lowest BCUT2D eigenvalue weighted by atomic mass is 10.2. The summed E-state index contributed by atoms with van der Waals surface area (Å²) >= 11 is 1.30. The molecule has 30 heavy (non-hydrogen) atoms. The Morgan fingerprint density at radius 1 is 1.07 bits per heavy atom. The van der Waals surface area contributed by atoms with E-state index in [9.17, 15) is 4.79 Å². The fraction of sp³-hybridized carbons (Fsp3) is 0.526. The van der Waals surface area contributed by atoms with Crippen molar-refractivity contribution in [3.8, 4) is 27.8 Å². The third-order valence-corrected chi connectivity index (χ3v) is 5.72. The first kappa shape index (κ1) is 24.1. The Balaban J connectivity index is 0.00000320. The Bertz CT molecular complexity index is 817. The van der Waals surface area contributed by atoms with Gasteiger partial charge in [-0.05, 0) is 19.2 Å². The fourth-order valence-corrected chi connectivity index (χ4v) is 3.85. The van der Waals surface area contributed by atoms with Gasteiger partial charge >= 0.3 is 0 Å². The molecule has 1 fully saturated rings. The number of rotatable bonds is 8. The van der Waals surface area contributed by atoms with Crippen molar-refractivity contribution in [1.29, 1.82) is 0 Å². The average Bonchev–Trinajstić information content (AvgIpc) is 3.20. The molecule has 1 aromatic carbocycles. The number of carbonyl (C=O) groups is 1. The number of amides is 1. The van der Waals surface area contributed by atoms with Gasteiger partial charge in [0, 0.05) is 44.7 Å². The molecular formula is C19H28ClN5O4S. The summed E-state index contributed by atoms with van der Waals surface area (Å²) in [5.74, 6) is 1.53. The molecule has 0 aliphatic carbocycles. The molecule has 9 nitrogen and oxygen atoms in total. The van der Waals surface area contributed by atoms with E-state index >= 15 is 0 Å². The summed E-state index contributed by atoms with van der Waals surface area (Å²) in [6.45, 7) is 4.81. The molecule has 0 bridgehead atoms. The molecular weight excluding hydrogens is 430 g/mol. The summed E-state index contributed by atoms with van der Waals surface area (Å²) in [5, 5.41) is 12.2. The minimum Gasteiger partial charge on any atom is -0.493 e. The van der Waals surface area contributed by atoms with Gasteiger partial charge in [-0.1, -0.05) is 11.3 Å². The standard InChI is InChI=1S/C19H27N5O4S.ClH/c1-23-7-9-24(10-8-23)6-5-16(25)20-19-22-21-18(29-19)13-11-14(26-2)17(28-4)15(12-13)27-3;/h11-12H,5-10H2,1-4H3,(H,20,22,25);1H. The van der Waals surface area contributed by atoms with Gasteiger partial charge in [-0.15, -0.1) is 22.6 Å². The first-order valence-corrected chi connectivity index (χ1v) is 10.2. The highest BCUT2D eigenvalue weighted by atomic mass is 35.5. The molecule has 0 radical (unpaired) electrons. The first-order valence-electron chi connectivity index (χ1n) is 9.38. The Morgan fingerprint density at radius 2 is 1.70 bits per heavy atom. The molecule has 1 saturated heterocycles. The van der Waals surface area contributed by atoms with Crippen LogP contribution in [0.15, 0.2) is 12.1 Å². The van der Waals surface area contributed by atoms with Crippen molar-refractivity contribution >= 4 is 34.8 Å². The number of anilines is 1. The lowest BCUT2D eigenvalue weighted by Gasteiger charge is -2.32. The highest BCUT2D eigenvalue weighted by Crippen LogP contribution is 2.42. The Morgan fingerprint density at radius 3 is 2.27 bits per heavy atom. The van der Waals surface area contributed by atoms with Gasteiger partial charge in [-0.3, -0.25) is 4.79 Å². The zero-order valence-corrected chi connectivity index (χ0v) is 19.3. The number of hydrogen-bond donors (Lipinski definition) is 1.